The Bertz CT molecular complexity index is 1110. The van der Waals surface area contributed by atoms with Crippen molar-refractivity contribution in [2.75, 3.05) is 0 Å². The summed E-state index contributed by atoms with van der Waals surface area (Å²) < 4.78 is 27.7. The van der Waals surface area contributed by atoms with Gasteiger partial charge >= 0.3 is 0 Å². The highest BCUT2D eigenvalue weighted by Gasteiger charge is 2.44. The van der Waals surface area contributed by atoms with E-state index in [0.717, 1.165) is 33.5 Å². The van der Waals surface area contributed by atoms with Crippen molar-refractivity contribution in [2.24, 2.45) is 0 Å². The summed E-state index contributed by atoms with van der Waals surface area (Å²) in [6.45, 7) is 0. The van der Waals surface area contributed by atoms with E-state index in [9.17, 15) is 8.78 Å². The lowest BCUT2D eigenvalue weighted by atomic mass is 9.71. The first kappa shape index (κ1) is 17.6. The summed E-state index contributed by atoms with van der Waals surface area (Å²) in [5.41, 5.74) is 5.31. The Morgan fingerprint density at radius 3 is 1.93 bits per heavy atom. The van der Waals surface area contributed by atoms with E-state index in [2.05, 4.69) is 28.2 Å². The molecule has 0 radical (unpaired) electrons. The molecule has 0 aliphatic heterocycles. The summed E-state index contributed by atoms with van der Waals surface area (Å²) in [5, 5.41) is 0. The van der Waals surface area contributed by atoms with E-state index in [1.54, 1.807) is 6.20 Å². The zero-order valence-electron chi connectivity index (χ0n) is 15.5. The Balaban J connectivity index is 1.74. The van der Waals surface area contributed by atoms with Gasteiger partial charge in [0.15, 0.2) is 0 Å². The van der Waals surface area contributed by atoms with Gasteiger partial charge in [0, 0.05) is 29.6 Å². The highest BCUT2D eigenvalue weighted by molar-refractivity contribution is 5.80. The first-order chi connectivity index (χ1) is 14.2. The van der Waals surface area contributed by atoms with Crippen LogP contribution in [0.2, 0.25) is 0 Å². The largest absolute Gasteiger partial charge is 0.260 e. The molecule has 3 heterocycles. The fourth-order valence-electron chi connectivity index (χ4n) is 4.49. The molecule has 142 valence electrons. The summed E-state index contributed by atoms with van der Waals surface area (Å²) in [6.07, 6.45) is 5.78. The minimum Gasteiger partial charge on any atom is -0.260 e. The topological polar surface area (TPSA) is 38.7 Å². The molecule has 3 nitrogen and oxygen atoms in total. The van der Waals surface area contributed by atoms with Gasteiger partial charge in [-0.3, -0.25) is 4.98 Å². The average Bonchev–Trinajstić information content (AvgIpc) is 2.99. The summed E-state index contributed by atoms with van der Waals surface area (Å²) in [6, 6.07) is 18.7. The number of nitrogens with zero attached hydrogens (tertiary/aromatic N) is 3. The molecule has 1 aromatic carbocycles. The third-order valence-corrected chi connectivity index (χ3v) is 5.59. The minimum atomic E-state index is -0.547. The lowest BCUT2D eigenvalue weighted by Crippen LogP contribution is -2.32. The van der Waals surface area contributed by atoms with Crippen LogP contribution in [0.3, 0.4) is 0 Å². The number of hydrogen-bond donors (Lipinski definition) is 0. The molecule has 1 aliphatic carbocycles. The first-order valence-corrected chi connectivity index (χ1v) is 9.42. The van der Waals surface area contributed by atoms with Crippen LogP contribution < -0.4 is 0 Å². The number of pyridine rings is 3. The molecule has 0 amide bonds. The van der Waals surface area contributed by atoms with Crippen molar-refractivity contribution in [3.63, 3.8) is 0 Å². The second-order valence-corrected chi connectivity index (χ2v) is 7.35. The SMILES string of the molecule is Fc1cc(CC2(Cc3ccnc(F)c3)c3ccccc3-c3cccnc32)ccn1. The molecular weight excluding hydrogens is 368 g/mol. The first-order valence-electron chi connectivity index (χ1n) is 9.42. The van der Waals surface area contributed by atoms with E-state index in [0.29, 0.717) is 12.8 Å². The van der Waals surface area contributed by atoms with Crippen molar-refractivity contribution in [3.05, 3.63) is 114 Å². The van der Waals surface area contributed by atoms with Crippen LogP contribution in [0.25, 0.3) is 11.1 Å². The van der Waals surface area contributed by atoms with E-state index in [4.69, 9.17) is 4.98 Å². The van der Waals surface area contributed by atoms with Gasteiger partial charge in [-0.15, -0.1) is 0 Å². The second-order valence-electron chi connectivity index (χ2n) is 7.35. The van der Waals surface area contributed by atoms with Crippen LogP contribution >= 0.6 is 0 Å². The predicted octanol–water partition coefficient (Wildman–Crippen LogP) is 4.90. The van der Waals surface area contributed by atoms with Crippen molar-refractivity contribution in [1.29, 1.82) is 0 Å². The highest BCUT2D eigenvalue weighted by Crippen LogP contribution is 2.51. The summed E-state index contributed by atoms with van der Waals surface area (Å²) in [5.74, 6) is -1.03. The van der Waals surface area contributed by atoms with Crippen LogP contribution in [0.5, 0.6) is 0 Å². The lowest BCUT2D eigenvalue weighted by molar-refractivity contribution is 0.497. The lowest BCUT2D eigenvalue weighted by Gasteiger charge is -2.31. The maximum Gasteiger partial charge on any atom is 0.213 e. The monoisotopic (exact) mass is 385 g/mol. The van der Waals surface area contributed by atoms with Crippen LogP contribution in [-0.4, -0.2) is 15.0 Å². The second kappa shape index (κ2) is 6.85. The fraction of sp³-hybridized carbons (Fsp3) is 0.125. The Labute approximate surface area is 167 Å². The molecule has 0 spiro atoms. The Kier molecular flexibility index (Phi) is 4.16. The van der Waals surface area contributed by atoms with Crippen molar-refractivity contribution < 1.29 is 8.78 Å². The molecule has 5 heteroatoms. The minimum absolute atomic E-state index is 0.514. The molecule has 5 rings (SSSR count). The molecule has 4 aromatic rings. The smallest absolute Gasteiger partial charge is 0.213 e. The summed E-state index contributed by atoms with van der Waals surface area (Å²) in [7, 11) is 0. The number of benzene rings is 1. The molecule has 1 aliphatic rings. The molecule has 0 N–H and O–H groups in total. The van der Waals surface area contributed by atoms with E-state index >= 15 is 0 Å². The van der Waals surface area contributed by atoms with Crippen molar-refractivity contribution in [3.8, 4) is 11.1 Å². The molecule has 29 heavy (non-hydrogen) atoms. The van der Waals surface area contributed by atoms with Gasteiger partial charge in [0.05, 0.1) is 5.69 Å². The van der Waals surface area contributed by atoms with Crippen LogP contribution in [0.1, 0.15) is 22.4 Å². The van der Waals surface area contributed by atoms with Crippen molar-refractivity contribution in [1.82, 2.24) is 15.0 Å². The Morgan fingerprint density at radius 1 is 0.655 bits per heavy atom. The van der Waals surface area contributed by atoms with Gasteiger partial charge in [-0.1, -0.05) is 30.3 Å². The zero-order chi connectivity index (χ0) is 19.8. The predicted molar refractivity (Wildman–Crippen MR) is 106 cm³/mol. The summed E-state index contributed by atoms with van der Waals surface area (Å²) in [4.78, 5) is 12.1. The van der Waals surface area contributed by atoms with Crippen LogP contribution in [0, 0.1) is 11.9 Å². The quantitative estimate of drug-likeness (QED) is 0.469. The van der Waals surface area contributed by atoms with E-state index in [1.807, 2.05) is 30.3 Å². The molecule has 0 fully saturated rings. The van der Waals surface area contributed by atoms with Gasteiger partial charge in [0.2, 0.25) is 11.9 Å². The number of halogens is 2. The maximum absolute atomic E-state index is 13.9. The maximum atomic E-state index is 13.9. The van der Waals surface area contributed by atoms with Gasteiger partial charge in [0.25, 0.3) is 0 Å². The Hall–Kier alpha value is -3.47. The molecule has 0 unspecified atom stereocenters. The van der Waals surface area contributed by atoms with E-state index in [1.165, 1.54) is 24.5 Å². The fourth-order valence-corrected chi connectivity index (χ4v) is 4.49. The van der Waals surface area contributed by atoms with Gasteiger partial charge in [-0.2, -0.15) is 8.78 Å². The van der Waals surface area contributed by atoms with E-state index in [-0.39, 0.29) is 0 Å². The number of hydrogen-bond acceptors (Lipinski definition) is 3. The molecule has 3 aromatic heterocycles. The van der Waals surface area contributed by atoms with Crippen LogP contribution in [0.4, 0.5) is 8.78 Å². The van der Waals surface area contributed by atoms with Gasteiger partial charge in [0.1, 0.15) is 0 Å². The molecule has 0 bridgehead atoms. The summed E-state index contributed by atoms with van der Waals surface area (Å²) >= 11 is 0. The standard InChI is InChI=1S/C24H17F2N3/c25-21-12-16(7-10-27-21)14-24(15-17-8-11-28-22(26)13-17)20-6-2-1-4-18(20)19-5-3-9-29-23(19)24/h1-13H,14-15H2. The molecule has 0 saturated heterocycles. The zero-order valence-corrected chi connectivity index (χ0v) is 15.5. The average molecular weight is 385 g/mol. The van der Waals surface area contributed by atoms with Crippen LogP contribution in [-0.2, 0) is 18.3 Å². The number of aromatic nitrogens is 3. The number of rotatable bonds is 4. The van der Waals surface area contributed by atoms with Gasteiger partial charge in [-0.25, -0.2) is 9.97 Å². The normalized spacial score (nSPS) is 13.7. The van der Waals surface area contributed by atoms with Crippen molar-refractivity contribution >= 4 is 0 Å². The van der Waals surface area contributed by atoms with Gasteiger partial charge in [-0.05, 0) is 65.4 Å². The Morgan fingerprint density at radius 2 is 1.28 bits per heavy atom. The third kappa shape index (κ3) is 2.99. The number of fused-ring (bicyclic) bond motifs is 3. The van der Waals surface area contributed by atoms with Crippen molar-refractivity contribution in [2.45, 2.75) is 18.3 Å². The third-order valence-electron chi connectivity index (χ3n) is 5.59. The molecular formula is C24H17F2N3. The highest BCUT2D eigenvalue weighted by atomic mass is 19.1. The molecule has 0 saturated carbocycles. The molecule has 0 atom stereocenters. The van der Waals surface area contributed by atoms with E-state index < -0.39 is 17.3 Å². The van der Waals surface area contributed by atoms with Crippen LogP contribution in [0.15, 0.2) is 79.3 Å². The van der Waals surface area contributed by atoms with Gasteiger partial charge < -0.3 is 0 Å².